The molecule has 0 aliphatic heterocycles. The van der Waals surface area contributed by atoms with Gasteiger partial charge in [-0.1, -0.05) is 25.7 Å². The zero-order valence-corrected chi connectivity index (χ0v) is 13.0. The second kappa shape index (κ2) is 7.46. The molecule has 0 heterocycles. The highest BCUT2D eigenvalue weighted by molar-refractivity contribution is 5.97. The largest absolute Gasteiger partial charge is 0.497 e. The molecule has 0 unspecified atom stereocenters. The number of anilines is 1. The molecule has 116 valence electrons. The Bertz CT molecular complexity index is 448. The first-order valence-electron chi connectivity index (χ1n) is 7.79. The number of rotatable bonds is 5. The van der Waals surface area contributed by atoms with Gasteiger partial charge in [-0.3, -0.25) is 4.79 Å². The number of carbonyl (C=O) groups is 1. The lowest BCUT2D eigenvalue weighted by Crippen LogP contribution is -2.45. The van der Waals surface area contributed by atoms with Crippen LogP contribution in [0.25, 0.3) is 0 Å². The smallest absolute Gasteiger partial charge is 0.256 e. The van der Waals surface area contributed by atoms with E-state index >= 15 is 0 Å². The maximum atomic E-state index is 12.7. The zero-order valence-electron chi connectivity index (χ0n) is 13.0. The molecule has 2 rings (SSSR count). The summed E-state index contributed by atoms with van der Waals surface area (Å²) in [6.45, 7) is 2.52. The van der Waals surface area contributed by atoms with Crippen molar-refractivity contribution in [2.45, 2.75) is 51.0 Å². The van der Waals surface area contributed by atoms with Crippen molar-refractivity contribution in [2.24, 2.45) is 0 Å². The summed E-state index contributed by atoms with van der Waals surface area (Å²) in [5.74, 6) is 0.762. The summed E-state index contributed by atoms with van der Waals surface area (Å²) in [6, 6.07) is 7.40. The van der Waals surface area contributed by atoms with Crippen LogP contribution in [0.5, 0.6) is 5.75 Å². The van der Waals surface area contributed by atoms with Gasteiger partial charge in [-0.05, 0) is 44.0 Å². The van der Waals surface area contributed by atoms with Gasteiger partial charge in [0.15, 0.2) is 0 Å². The first-order valence-corrected chi connectivity index (χ1v) is 7.79. The van der Waals surface area contributed by atoms with Gasteiger partial charge in [0.05, 0.1) is 7.11 Å². The third-order valence-electron chi connectivity index (χ3n) is 4.09. The lowest BCUT2D eigenvalue weighted by Gasteiger charge is -2.31. The Morgan fingerprint density at radius 3 is 2.29 bits per heavy atom. The molecule has 4 heteroatoms. The van der Waals surface area contributed by atoms with E-state index < -0.39 is 5.60 Å². The average Bonchev–Trinajstić information content (AvgIpc) is 2.75. The number of amides is 1. The molecule has 1 aromatic rings. The number of carbonyl (C=O) groups excluding carboxylic acids is 1. The van der Waals surface area contributed by atoms with Crippen LogP contribution in [0.1, 0.15) is 45.4 Å². The molecule has 1 amide bonds. The fourth-order valence-electron chi connectivity index (χ4n) is 2.93. The molecule has 4 nitrogen and oxygen atoms in total. The van der Waals surface area contributed by atoms with Crippen LogP contribution in [-0.4, -0.2) is 25.2 Å². The van der Waals surface area contributed by atoms with Gasteiger partial charge >= 0.3 is 0 Å². The molecule has 0 radical (unpaired) electrons. The number of hydrogen-bond donors (Lipinski definition) is 1. The molecule has 21 heavy (non-hydrogen) atoms. The van der Waals surface area contributed by atoms with Crippen molar-refractivity contribution in [1.82, 2.24) is 0 Å². The van der Waals surface area contributed by atoms with Gasteiger partial charge in [-0.2, -0.15) is 0 Å². The number of methoxy groups -OCH3 is 1. The van der Waals surface area contributed by atoms with Gasteiger partial charge in [0.1, 0.15) is 11.4 Å². The van der Waals surface area contributed by atoms with Crippen molar-refractivity contribution >= 4 is 11.6 Å². The van der Waals surface area contributed by atoms with Crippen molar-refractivity contribution in [1.29, 1.82) is 0 Å². The Morgan fingerprint density at radius 1 is 1.14 bits per heavy atom. The maximum Gasteiger partial charge on any atom is 0.256 e. The Morgan fingerprint density at radius 2 is 1.76 bits per heavy atom. The van der Waals surface area contributed by atoms with Crippen molar-refractivity contribution < 1.29 is 14.3 Å². The van der Waals surface area contributed by atoms with Gasteiger partial charge in [-0.15, -0.1) is 0 Å². The molecule has 1 aliphatic carbocycles. The molecule has 1 N–H and O–H groups in total. The highest BCUT2D eigenvalue weighted by atomic mass is 16.5. The molecular weight excluding hydrogens is 266 g/mol. The SMILES string of the molecule is CCOC1(C(=O)Nc2ccc(OC)cc2)CCCCCC1. The van der Waals surface area contributed by atoms with Gasteiger partial charge in [0.25, 0.3) is 5.91 Å². The molecule has 1 saturated carbocycles. The van der Waals surface area contributed by atoms with Crippen LogP contribution in [0, 0.1) is 0 Å². The van der Waals surface area contributed by atoms with E-state index in [4.69, 9.17) is 9.47 Å². The molecule has 0 spiro atoms. The molecule has 0 atom stereocenters. The van der Waals surface area contributed by atoms with Crippen molar-refractivity contribution in [3.63, 3.8) is 0 Å². The lowest BCUT2D eigenvalue weighted by atomic mass is 9.93. The van der Waals surface area contributed by atoms with Crippen molar-refractivity contribution in [3.05, 3.63) is 24.3 Å². The summed E-state index contributed by atoms with van der Waals surface area (Å²) in [5, 5.41) is 3.00. The predicted molar refractivity (Wildman–Crippen MR) is 83.7 cm³/mol. The maximum absolute atomic E-state index is 12.7. The van der Waals surface area contributed by atoms with E-state index in [1.807, 2.05) is 31.2 Å². The Balaban J connectivity index is 2.09. The van der Waals surface area contributed by atoms with E-state index in [1.165, 1.54) is 12.8 Å². The van der Waals surface area contributed by atoms with Gasteiger partial charge in [0.2, 0.25) is 0 Å². The van der Waals surface area contributed by atoms with E-state index in [0.717, 1.165) is 37.1 Å². The topological polar surface area (TPSA) is 47.6 Å². The first-order chi connectivity index (χ1) is 10.2. The van der Waals surface area contributed by atoms with Crippen LogP contribution in [0.3, 0.4) is 0 Å². The normalized spacial score (nSPS) is 17.8. The third kappa shape index (κ3) is 3.97. The van der Waals surface area contributed by atoms with E-state index in [1.54, 1.807) is 7.11 Å². The third-order valence-corrected chi connectivity index (χ3v) is 4.09. The second-order valence-corrected chi connectivity index (χ2v) is 5.52. The molecule has 1 aromatic carbocycles. The zero-order chi connectivity index (χ0) is 15.1. The lowest BCUT2D eigenvalue weighted by molar-refractivity contribution is -0.143. The van der Waals surface area contributed by atoms with Gasteiger partial charge < -0.3 is 14.8 Å². The van der Waals surface area contributed by atoms with E-state index in [2.05, 4.69) is 5.32 Å². The highest BCUT2D eigenvalue weighted by Crippen LogP contribution is 2.32. The summed E-state index contributed by atoms with van der Waals surface area (Å²) in [4.78, 5) is 12.7. The Kier molecular flexibility index (Phi) is 5.62. The average molecular weight is 291 g/mol. The number of hydrogen-bond acceptors (Lipinski definition) is 3. The molecule has 1 fully saturated rings. The number of benzene rings is 1. The highest BCUT2D eigenvalue weighted by Gasteiger charge is 2.39. The summed E-state index contributed by atoms with van der Waals surface area (Å²) < 4.78 is 11.0. The van der Waals surface area contributed by atoms with E-state index in [-0.39, 0.29) is 5.91 Å². The minimum atomic E-state index is -0.662. The van der Waals surface area contributed by atoms with Crippen LogP contribution >= 0.6 is 0 Å². The standard InChI is InChI=1S/C17H25NO3/c1-3-21-17(12-6-4-5-7-13-17)16(19)18-14-8-10-15(20-2)11-9-14/h8-11H,3-7,12-13H2,1-2H3,(H,18,19). The van der Waals surface area contributed by atoms with Crippen LogP contribution in [0.4, 0.5) is 5.69 Å². The van der Waals surface area contributed by atoms with Gasteiger partial charge in [0, 0.05) is 12.3 Å². The second-order valence-electron chi connectivity index (χ2n) is 5.52. The fraction of sp³-hybridized carbons (Fsp3) is 0.588. The van der Waals surface area contributed by atoms with Crippen LogP contribution < -0.4 is 10.1 Å². The quantitative estimate of drug-likeness (QED) is 0.840. The molecular formula is C17H25NO3. The summed E-state index contributed by atoms with van der Waals surface area (Å²) in [5.41, 5.74) is 0.120. The minimum Gasteiger partial charge on any atom is -0.497 e. The Hall–Kier alpha value is -1.55. The number of nitrogens with one attached hydrogen (secondary N) is 1. The molecule has 0 aromatic heterocycles. The predicted octanol–water partition coefficient (Wildman–Crippen LogP) is 3.76. The monoisotopic (exact) mass is 291 g/mol. The summed E-state index contributed by atoms with van der Waals surface area (Å²) in [7, 11) is 1.63. The molecule has 1 aliphatic rings. The van der Waals surface area contributed by atoms with Crippen LogP contribution in [0.2, 0.25) is 0 Å². The van der Waals surface area contributed by atoms with Crippen LogP contribution in [0.15, 0.2) is 24.3 Å². The minimum absolute atomic E-state index is 0.0172. The Labute approximate surface area is 126 Å². The first kappa shape index (κ1) is 15.8. The van der Waals surface area contributed by atoms with Crippen molar-refractivity contribution in [2.75, 3.05) is 19.0 Å². The van der Waals surface area contributed by atoms with Crippen LogP contribution in [-0.2, 0) is 9.53 Å². The summed E-state index contributed by atoms with van der Waals surface area (Å²) in [6.07, 6.45) is 6.09. The van der Waals surface area contributed by atoms with Crippen molar-refractivity contribution in [3.8, 4) is 5.75 Å². The molecule has 0 saturated heterocycles. The van der Waals surface area contributed by atoms with Gasteiger partial charge in [-0.25, -0.2) is 0 Å². The van der Waals surface area contributed by atoms with E-state index in [0.29, 0.717) is 6.61 Å². The summed E-state index contributed by atoms with van der Waals surface area (Å²) >= 11 is 0. The number of ether oxygens (including phenoxy) is 2. The van der Waals surface area contributed by atoms with E-state index in [9.17, 15) is 4.79 Å². The fourth-order valence-corrected chi connectivity index (χ4v) is 2.93. The molecule has 0 bridgehead atoms.